The van der Waals surface area contributed by atoms with Gasteiger partial charge in [-0.1, -0.05) is 45.6 Å². The molecule has 1 N–H and O–H groups in total. The monoisotopic (exact) mass is 277 g/mol. The molecule has 1 unspecified atom stereocenters. The highest BCUT2D eigenvalue weighted by molar-refractivity contribution is 5.27. The number of rotatable bonds is 6. The summed E-state index contributed by atoms with van der Waals surface area (Å²) in [5.74, 6) is 1.40. The van der Waals surface area contributed by atoms with Crippen LogP contribution in [0, 0.1) is 24.6 Å². The van der Waals surface area contributed by atoms with Gasteiger partial charge in [0, 0.05) is 6.04 Å². The van der Waals surface area contributed by atoms with Crippen LogP contribution in [0.25, 0.3) is 0 Å². The van der Waals surface area contributed by atoms with E-state index >= 15 is 0 Å². The second kappa shape index (κ2) is 7.21. The molecule has 1 fully saturated rings. The molecule has 0 amide bonds. The van der Waals surface area contributed by atoms with Gasteiger partial charge in [-0.25, -0.2) is 4.39 Å². The van der Waals surface area contributed by atoms with Crippen LogP contribution in [0.3, 0.4) is 0 Å². The van der Waals surface area contributed by atoms with Crippen LogP contribution in [0.1, 0.15) is 50.7 Å². The van der Waals surface area contributed by atoms with Gasteiger partial charge in [-0.05, 0) is 55.0 Å². The van der Waals surface area contributed by atoms with E-state index in [0.29, 0.717) is 12.0 Å². The Morgan fingerprint density at radius 2 is 1.95 bits per heavy atom. The van der Waals surface area contributed by atoms with E-state index in [1.54, 1.807) is 12.1 Å². The maximum atomic E-state index is 13.2. The molecule has 2 heteroatoms. The van der Waals surface area contributed by atoms with Crippen LogP contribution in [0.15, 0.2) is 18.2 Å². The average molecular weight is 277 g/mol. The van der Waals surface area contributed by atoms with Crippen molar-refractivity contribution in [1.82, 2.24) is 5.32 Å². The lowest BCUT2D eigenvalue weighted by atomic mass is 9.84. The number of halogens is 1. The van der Waals surface area contributed by atoms with E-state index in [9.17, 15) is 4.39 Å². The second-order valence-electron chi connectivity index (χ2n) is 6.64. The van der Waals surface area contributed by atoms with Crippen molar-refractivity contribution in [3.05, 3.63) is 35.1 Å². The van der Waals surface area contributed by atoms with Crippen LogP contribution < -0.4 is 5.32 Å². The number of hydrogen-bond donors (Lipinski definition) is 1. The lowest BCUT2D eigenvalue weighted by molar-refractivity contribution is 0.312. The minimum atomic E-state index is -0.121. The van der Waals surface area contributed by atoms with E-state index in [1.807, 2.05) is 13.0 Å². The zero-order chi connectivity index (χ0) is 14.5. The Morgan fingerprint density at radius 1 is 1.25 bits per heavy atom. The van der Waals surface area contributed by atoms with Crippen LogP contribution in [-0.2, 0) is 6.42 Å². The summed E-state index contributed by atoms with van der Waals surface area (Å²) >= 11 is 0. The van der Waals surface area contributed by atoms with Crippen LogP contribution in [0.5, 0.6) is 0 Å². The van der Waals surface area contributed by atoms with Crippen LogP contribution in [-0.4, -0.2) is 12.6 Å². The SMILES string of the molecule is Cc1cc(F)ccc1CC(CNC(C)C)C1CCCC1. The number of nitrogens with one attached hydrogen (secondary N) is 1. The van der Waals surface area contributed by atoms with Crippen molar-refractivity contribution < 1.29 is 4.39 Å². The third-order valence-electron chi connectivity index (χ3n) is 4.64. The van der Waals surface area contributed by atoms with Gasteiger partial charge >= 0.3 is 0 Å². The molecular formula is C18H28FN. The van der Waals surface area contributed by atoms with Crippen molar-refractivity contribution in [2.45, 2.75) is 58.9 Å². The Bertz CT molecular complexity index is 421. The minimum Gasteiger partial charge on any atom is -0.314 e. The quantitative estimate of drug-likeness (QED) is 0.808. The zero-order valence-electron chi connectivity index (χ0n) is 13.1. The predicted molar refractivity (Wildman–Crippen MR) is 83.4 cm³/mol. The van der Waals surface area contributed by atoms with E-state index in [2.05, 4.69) is 19.2 Å². The number of benzene rings is 1. The van der Waals surface area contributed by atoms with Crippen molar-refractivity contribution in [2.24, 2.45) is 11.8 Å². The Kier molecular flexibility index (Phi) is 5.59. The Hall–Kier alpha value is -0.890. The number of hydrogen-bond acceptors (Lipinski definition) is 1. The van der Waals surface area contributed by atoms with Gasteiger partial charge in [-0.2, -0.15) is 0 Å². The van der Waals surface area contributed by atoms with Crippen LogP contribution in [0.4, 0.5) is 4.39 Å². The van der Waals surface area contributed by atoms with Gasteiger partial charge in [-0.3, -0.25) is 0 Å². The second-order valence-corrected chi connectivity index (χ2v) is 6.64. The topological polar surface area (TPSA) is 12.0 Å². The first-order valence-corrected chi connectivity index (χ1v) is 8.04. The number of aryl methyl sites for hydroxylation is 1. The van der Waals surface area contributed by atoms with Gasteiger partial charge in [0.1, 0.15) is 5.82 Å². The van der Waals surface area contributed by atoms with Crippen molar-refractivity contribution in [3.8, 4) is 0 Å². The third kappa shape index (κ3) is 4.31. The summed E-state index contributed by atoms with van der Waals surface area (Å²) in [4.78, 5) is 0. The fourth-order valence-electron chi connectivity index (χ4n) is 3.39. The van der Waals surface area contributed by atoms with Gasteiger partial charge in [-0.15, -0.1) is 0 Å². The van der Waals surface area contributed by atoms with Gasteiger partial charge in [0.05, 0.1) is 0 Å². The summed E-state index contributed by atoms with van der Waals surface area (Å²) in [7, 11) is 0. The average Bonchev–Trinajstić information content (AvgIpc) is 2.90. The summed E-state index contributed by atoms with van der Waals surface area (Å²) in [6.45, 7) is 7.52. The maximum Gasteiger partial charge on any atom is 0.123 e. The molecule has 1 saturated carbocycles. The molecule has 1 aliphatic carbocycles. The Labute approximate surface area is 123 Å². The molecule has 20 heavy (non-hydrogen) atoms. The molecule has 1 aromatic rings. The van der Waals surface area contributed by atoms with Gasteiger partial charge in [0.2, 0.25) is 0 Å². The summed E-state index contributed by atoms with van der Waals surface area (Å²) in [6, 6.07) is 5.77. The molecule has 0 aliphatic heterocycles. The molecule has 0 aromatic heterocycles. The Morgan fingerprint density at radius 3 is 2.55 bits per heavy atom. The summed E-state index contributed by atoms with van der Waals surface area (Å²) in [5.41, 5.74) is 2.41. The standard InChI is InChI=1S/C18H28FN/c1-13(2)20-12-17(15-6-4-5-7-15)11-16-8-9-18(19)10-14(16)3/h8-10,13,15,17,20H,4-7,11-12H2,1-3H3. The molecule has 0 spiro atoms. The molecule has 112 valence electrons. The summed E-state index contributed by atoms with van der Waals surface area (Å²) < 4.78 is 13.2. The van der Waals surface area contributed by atoms with Gasteiger partial charge < -0.3 is 5.32 Å². The fourth-order valence-corrected chi connectivity index (χ4v) is 3.39. The fraction of sp³-hybridized carbons (Fsp3) is 0.667. The highest BCUT2D eigenvalue weighted by atomic mass is 19.1. The smallest absolute Gasteiger partial charge is 0.123 e. The molecule has 0 heterocycles. The first-order valence-electron chi connectivity index (χ1n) is 8.04. The first kappa shape index (κ1) is 15.5. The molecule has 1 atom stereocenters. The van der Waals surface area contributed by atoms with Crippen molar-refractivity contribution in [2.75, 3.05) is 6.54 Å². The summed E-state index contributed by atoms with van der Waals surface area (Å²) in [6.07, 6.45) is 6.57. The van der Waals surface area contributed by atoms with E-state index < -0.39 is 0 Å². The molecular weight excluding hydrogens is 249 g/mol. The lowest BCUT2D eigenvalue weighted by Gasteiger charge is -2.26. The Balaban J connectivity index is 2.05. The van der Waals surface area contributed by atoms with Crippen molar-refractivity contribution >= 4 is 0 Å². The largest absolute Gasteiger partial charge is 0.314 e. The lowest BCUT2D eigenvalue weighted by Crippen LogP contribution is -2.33. The van der Waals surface area contributed by atoms with E-state index in [-0.39, 0.29) is 5.82 Å². The molecule has 1 nitrogen and oxygen atoms in total. The van der Waals surface area contributed by atoms with Gasteiger partial charge in [0.15, 0.2) is 0 Å². The molecule has 0 radical (unpaired) electrons. The van der Waals surface area contributed by atoms with Gasteiger partial charge in [0.25, 0.3) is 0 Å². The molecule has 0 saturated heterocycles. The zero-order valence-corrected chi connectivity index (χ0v) is 13.1. The molecule has 0 bridgehead atoms. The van der Waals surface area contributed by atoms with Crippen molar-refractivity contribution in [1.29, 1.82) is 0 Å². The highest BCUT2D eigenvalue weighted by Gasteiger charge is 2.25. The molecule has 1 aliphatic rings. The summed E-state index contributed by atoms with van der Waals surface area (Å²) in [5, 5.41) is 3.60. The third-order valence-corrected chi connectivity index (χ3v) is 4.64. The van der Waals surface area contributed by atoms with E-state index in [0.717, 1.165) is 24.4 Å². The molecule has 2 rings (SSSR count). The van der Waals surface area contributed by atoms with E-state index in [1.165, 1.54) is 31.2 Å². The van der Waals surface area contributed by atoms with E-state index in [4.69, 9.17) is 0 Å². The normalized spacial score (nSPS) is 17.9. The van der Waals surface area contributed by atoms with Crippen LogP contribution in [0.2, 0.25) is 0 Å². The van der Waals surface area contributed by atoms with Crippen molar-refractivity contribution in [3.63, 3.8) is 0 Å². The maximum absolute atomic E-state index is 13.2. The minimum absolute atomic E-state index is 0.121. The van der Waals surface area contributed by atoms with Crippen LogP contribution >= 0.6 is 0 Å². The highest BCUT2D eigenvalue weighted by Crippen LogP contribution is 2.33. The molecule has 1 aromatic carbocycles. The first-order chi connectivity index (χ1) is 9.56. The predicted octanol–water partition coefficient (Wildman–Crippen LogP) is 4.48.